The molecular formula is C20H26FN7O2. The maximum Gasteiger partial charge on any atom is 0.236 e. The quantitative estimate of drug-likeness (QED) is 0.559. The second kappa shape index (κ2) is 9.84. The van der Waals surface area contributed by atoms with E-state index in [1.807, 2.05) is 6.92 Å². The number of hydrogen-bond donors (Lipinski definition) is 2. The molecule has 0 aliphatic carbocycles. The van der Waals surface area contributed by atoms with E-state index in [1.54, 1.807) is 11.9 Å². The molecule has 4 N–H and O–H groups in total. The fourth-order valence-corrected chi connectivity index (χ4v) is 3.08. The number of aryl methyl sites for hydroxylation is 1. The topological polar surface area (TPSA) is 125 Å². The van der Waals surface area contributed by atoms with Gasteiger partial charge in [0.25, 0.3) is 0 Å². The highest BCUT2D eigenvalue weighted by atomic mass is 19.1. The van der Waals surface area contributed by atoms with E-state index in [0.717, 1.165) is 12.8 Å². The Hall–Kier alpha value is -3.45. The highest BCUT2D eigenvalue weighted by Gasteiger charge is 2.17. The molecule has 0 saturated heterocycles. The summed E-state index contributed by atoms with van der Waals surface area (Å²) in [6.45, 7) is 1.96. The number of nitrogens with zero attached hydrogens (tertiary/aromatic N) is 5. The van der Waals surface area contributed by atoms with Crippen LogP contribution in [0.2, 0.25) is 0 Å². The number of carbonyl (C=O) groups excluding carboxylic acids is 1. The summed E-state index contributed by atoms with van der Waals surface area (Å²) < 4.78 is 20.5. The zero-order chi connectivity index (χ0) is 22.4. The minimum absolute atomic E-state index is 0.00444. The third-order valence-electron chi connectivity index (χ3n) is 4.87. The number of nitrogens with two attached hydrogens (primary N) is 2. The molecule has 3 aromatic rings. The van der Waals surface area contributed by atoms with E-state index in [-0.39, 0.29) is 30.2 Å². The van der Waals surface area contributed by atoms with Crippen molar-refractivity contribution in [2.24, 2.45) is 5.73 Å². The van der Waals surface area contributed by atoms with Crippen LogP contribution in [0.1, 0.15) is 25.6 Å². The number of likely N-dealkylation sites (N-methyl/N-ethyl adjacent to an activating group) is 1. The van der Waals surface area contributed by atoms with E-state index in [9.17, 15) is 9.18 Å². The fraction of sp³-hybridized carbons (Fsp3) is 0.400. The predicted molar refractivity (Wildman–Crippen MR) is 113 cm³/mol. The van der Waals surface area contributed by atoms with Crippen molar-refractivity contribution in [3.05, 3.63) is 23.8 Å². The number of hydrogen-bond acceptors (Lipinski definition) is 7. The van der Waals surface area contributed by atoms with Crippen LogP contribution in [0.5, 0.6) is 5.75 Å². The number of nitrogen functional groups attached to an aromatic ring is 1. The molecule has 0 bridgehead atoms. The number of ether oxygens (including phenoxy) is 1. The van der Waals surface area contributed by atoms with E-state index >= 15 is 0 Å². The van der Waals surface area contributed by atoms with E-state index in [0.29, 0.717) is 28.8 Å². The van der Waals surface area contributed by atoms with Gasteiger partial charge < -0.3 is 21.1 Å². The van der Waals surface area contributed by atoms with Gasteiger partial charge in [-0.15, -0.1) is 17.9 Å². The Morgan fingerprint density at radius 2 is 2.07 bits per heavy atom. The summed E-state index contributed by atoms with van der Waals surface area (Å²) in [4.78, 5) is 22.1. The Labute approximate surface area is 174 Å². The van der Waals surface area contributed by atoms with Gasteiger partial charge in [-0.3, -0.25) is 4.79 Å². The lowest BCUT2D eigenvalue weighted by Crippen LogP contribution is -2.39. The normalized spacial score (nSPS) is 11.7. The number of rotatable bonds is 7. The molecule has 3 rings (SSSR count). The van der Waals surface area contributed by atoms with Crippen LogP contribution in [0.4, 0.5) is 10.3 Å². The third kappa shape index (κ3) is 4.58. The largest absolute Gasteiger partial charge is 0.494 e. The van der Waals surface area contributed by atoms with Gasteiger partial charge in [-0.05, 0) is 25.8 Å². The Morgan fingerprint density at radius 1 is 1.37 bits per heavy atom. The molecule has 0 saturated carbocycles. The van der Waals surface area contributed by atoms with Crippen molar-refractivity contribution >= 4 is 28.4 Å². The minimum Gasteiger partial charge on any atom is -0.494 e. The first-order valence-corrected chi connectivity index (χ1v) is 9.33. The van der Waals surface area contributed by atoms with Gasteiger partial charge in [-0.1, -0.05) is 0 Å². The van der Waals surface area contributed by atoms with Crippen molar-refractivity contribution in [1.82, 2.24) is 24.5 Å². The maximum absolute atomic E-state index is 14.1. The first kappa shape index (κ1) is 22.8. The van der Waals surface area contributed by atoms with Crippen LogP contribution in [0, 0.1) is 18.7 Å². The lowest BCUT2D eigenvalue weighted by Gasteiger charge is -2.24. The van der Waals surface area contributed by atoms with E-state index in [2.05, 4.69) is 27.9 Å². The average Bonchev–Trinajstić information content (AvgIpc) is 3.19. The van der Waals surface area contributed by atoms with Crippen molar-refractivity contribution in [3.63, 3.8) is 0 Å². The van der Waals surface area contributed by atoms with Crippen LogP contribution >= 0.6 is 0 Å². The summed E-state index contributed by atoms with van der Waals surface area (Å²) >= 11 is 0. The lowest BCUT2D eigenvalue weighted by atomic mass is 10.1. The summed E-state index contributed by atoms with van der Waals surface area (Å²) in [5.74, 6) is 0.234. The van der Waals surface area contributed by atoms with Crippen LogP contribution in [0.15, 0.2) is 12.1 Å². The van der Waals surface area contributed by atoms with Gasteiger partial charge in [-0.2, -0.15) is 4.52 Å². The molecule has 1 atom stereocenters. The third-order valence-corrected chi connectivity index (χ3v) is 4.87. The molecule has 0 radical (unpaired) electrons. The molecule has 2 heterocycles. The highest BCUT2D eigenvalue weighted by Crippen LogP contribution is 2.27. The van der Waals surface area contributed by atoms with Gasteiger partial charge in [-0.25, -0.2) is 14.4 Å². The number of carbonyl (C=O) groups is 1. The number of aromatic nitrogens is 4. The van der Waals surface area contributed by atoms with Gasteiger partial charge in [0.1, 0.15) is 0 Å². The van der Waals surface area contributed by atoms with Gasteiger partial charge in [0.2, 0.25) is 11.9 Å². The van der Waals surface area contributed by atoms with E-state index < -0.39 is 5.82 Å². The number of anilines is 1. The molecule has 30 heavy (non-hydrogen) atoms. The lowest BCUT2D eigenvalue weighted by molar-refractivity contribution is -0.130. The molecule has 9 nitrogen and oxygen atoms in total. The fourth-order valence-electron chi connectivity index (χ4n) is 3.08. The molecule has 0 aliphatic rings. The Morgan fingerprint density at radius 3 is 2.70 bits per heavy atom. The van der Waals surface area contributed by atoms with Crippen molar-refractivity contribution < 1.29 is 13.9 Å². The first-order chi connectivity index (χ1) is 14.3. The minimum atomic E-state index is -0.505. The molecule has 160 valence electrons. The molecule has 0 aliphatic heterocycles. The smallest absolute Gasteiger partial charge is 0.236 e. The predicted octanol–water partition coefficient (Wildman–Crippen LogP) is 1.39. The van der Waals surface area contributed by atoms with Crippen molar-refractivity contribution in [2.45, 2.75) is 32.2 Å². The summed E-state index contributed by atoms with van der Waals surface area (Å²) in [5.41, 5.74) is 12.3. The molecule has 1 amide bonds. The van der Waals surface area contributed by atoms with Gasteiger partial charge >= 0.3 is 0 Å². The first-order valence-electron chi connectivity index (χ1n) is 9.33. The van der Waals surface area contributed by atoms with Crippen LogP contribution in [0.25, 0.3) is 16.6 Å². The Bertz CT molecular complexity index is 1060. The average molecular weight is 415 g/mol. The van der Waals surface area contributed by atoms with Crippen molar-refractivity contribution in [3.8, 4) is 18.6 Å². The number of benzene rings is 1. The zero-order valence-electron chi connectivity index (χ0n) is 17.3. The molecule has 1 aromatic carbocycles. The van der Waals surface area contributed by atoms with E-state index in [1.165, 1.54) is 23.8 Å². The molecule has 0 unspecified atom stereocenters. The molecule has 0 fully saturated rings. The molecule has 0 spiro atoms. The summed E-state index contributed by atoms with van der Waals surface area (Å²) in [5, 5.41) is 4.90. The molecule has 10 heteroatoms. The van der Waals surface area contributed by atoms with E-state index in [4.69, 9.17) is 16.2 Å². The summed E-state index contributed by atoms with van der Waals surface area (Å²) in [6, 6.07) is 2.87. The number of methoxy groups -OCH3 is 1. The molecular weight excluding hydrogens is 389 g/mol. The maximum atomic E-state index is 14.1. The second-order valence-electron chi connectivity index (χ2n) is 6.69. The van der Waals surface area contributed by atoms with Crippen LogP contribution in [-0.4, -0.2) is 57.1 Å². The SMILES string of the molecule is C#C.COc1cc2nc(N)n3nc(CCC[C@H](C)N(C)C(=O)CN)nc3c2cc1F. The van der Waals surface area contributed by atoms with Crippen LogP contribution < -0.4 is 16.2 Å². The number of amides is 1. The highest BCUT2D eigenvalue weighted by molar-refractivity contribution is 5.93. The monoisotopic (exact) mass is 415 g/mol. The summed E-state index contributed by atoms with van der Waals surface area (Å²) in [7, 11) is 3.13. The van der Waals surface area contributed by atoms with Crippen LogP contribution in [0.3, 0.4) is 0 Å². The molecule has 2 aromatic heterocycles. The number of halogens is 1. The second-order valence-corrected chi connectivity index (χ2v) is 6.69. The van der Waals surface area contributed by atoms with Crippen molar-refractivity contribution in [2.75, 3.05) is 26.4 Å². The van der Waals surface area contributed by atoms with Crippen molar-refractivity contribution in [1.29, 1.82) is 0 Å². The summed E-state index contributed by atoms with van der Waals surface area (Å²) in [6.07, 6.45) is 10.1. The zero-order valence-corrected chi connectivity index (χ0v) is 17.3. The standard InChI is InChI=1S/C18H24FN7O2.C2H2/c1-10(25(2)16(27)9-20)5-4-6-15-23-17-11-7-12(19)14(28-3)8-13(11)22-18(21)26(17)24-15;1-2/h7-8,10H,4-6,9,20H2,1-3H3,(H2,21,22);1-2H/t10-;/m0./s1. The number of terminal acetylenes is 1. The van der Waals surface area contributed by atoms with Gasteiger partial charge in [0, 0.05) is 31.0 Å². The Kier molecular flexibility index (Phi) is 7.49. The van der Waals surface area contributed by atoms with Gasteiger partial charge in [0.05, 0.1) is 19.2 Å². The Balaban J connectivity index is 0.00000155. The van der Waals surface area contributed by atoms with Crippen LogP contribution in [-0.2, 0) is 11.2 Å². The number of fused-ring (bicyclic) bond motifs is 3. The van der Waals surface area contributed by atoms with Gasteiger partial charge in [0.15, 0.2) is 23.0 Å².